The zero-order valence-corrected chi connectivity index (χ0v) is 14.5. The molecular weight excluding hydrogens is 312 g/mol. The third kappa shape index (κ3) is 2.98. The molecule has 4 aromatic rings. The molecule has 0 aliphatic rings. The minimum absolute atomic E-state index is 0.0948. The van der Waals surface area contributed by atoms with Crippen LogP contribution in [0.2, 0.25) is 0 Å². The van der Waals surface area contributed by atoms with Crippen molar-refractivity contribution < 1.29 is 0 Å². The standard InChI is InChI=1S/C19H20N6/c1-13-5-4-10-25-12-18(22-19(13)25)15-6-8-16(9-7-15)21-14(2)17-11-20-24(3)23-17/h4-12,14,21H,1-3H3. The molecule has 1 N–H and O–H groups in total. The summed E-state index contributed by atoms with van der Waals surface area (Å²) >= 11 is 0. The zero-order chi connectivity index (χ0) is 17.4. The molecule has 1 atom stereocenters. The highest BCUT2D eigenvalue weighted by Gasteiger charge is 2.10. The van der Waals surface area contributed by atoms with Crippen LogP contribution in [0.3, 0.4) is 0 Å². The molecule has 0 spiro atoms. The third-order valence-electron chi connectivity index (χ3n) is 4.30. The van der Waals surface area contributed by atoms with Crippen molar-refractivity contribution in [2.24, 2.45) is 7.05 Å². The fraction of sp³-hybridized carbons (Fsp3) is 0.211. The zero-order valence-electron chi connectivity index (χ0n) is 14.5. The minimum atomic E-state index is 0.0948. The van der Waals surface area contributed by atoms with E-state index < -0.39 is 0 Å². The monoisotopic (exact) mass is 332 g/mol. The van der Waals surface area contributed by atoms with Gasteiger partial charge >= 0.3 is 0 Å². The third-order valence-corrected chi connectivity index (χ3v) is 4.30. The highest BCUT2D eigenvalue weighted by atomic mass is 15.4. The molecule has 6 heteroatoms. The van der Waals surface area contributed by atoms with Gasteiger partial charge in [-0.3, -0.25) is 0 Å². The Kier molecular flexibility index (Phi) is 3.72. The number of imidazole rings is 1. The van der Waals surface area contributed by atoms with E-state index in [4.69, 9.17) is 4.98 Å². The van der Waals surface area contributed by atoms with Crippen molar-refractivity contribution in [2.75, 3.05) is 5.32 Å². The molecule has 0 radical (unpaired) electrons. The van der Waals surface area contributed by atoms with Crippen LogP contribution in [-0.4, -0.2) is 24.4 Å². The average Bonchev–Trinajstić information content (AvgIpc) is 3.23. The van der Waals surface area contributed by atoms with Crippen molar-refractivity contribution >= 4 is 11.3 Å². The van der Waals surface area contributed by atoms with Gasteiger partial charge in [0.2, 0.25) is 0 Å². The van der Waals surface area contributed by atoms with Crippen molar-refractivity contribution in [1.82, 2.24) is 24.4 Å². The number of fused-ring (bicyclic) bond motifs is 1. The summed E-state index contributed by atoms with van der Waals surface area (Å²) in [6.45, 7) is 4.15. The molecule has 1 aromatic carbocycles. The van der Waals surface area contributed by atoms with Crippen LogP contribution >= 0.6 is 0 Å². The number of nitrogens with one attached hydrogen (secondary N) is 1. The molecular formula is C19H20N6. The molecule has 126 valence electrons. The lowest BCUT2D eigenvalue weighted by Crippen LogP contribution is -2.07. The van der Waals surface area contributed by atoms with Crippen molar-refractivity contribution in [3.8, 4) is 11.3 Å². The van der Waals surface area contributed by atoms with E-state index in [1.807, 2.05) is 19.3 Å². The quantitative estimate of drug-likeness (QED) is 0.620. The smallest absolute Gasteiger partial charge is 0.140 e. The Labute approximate surface area is 146 Å². The molecule has 0 aliphatic carbocycles. The summed E-state index contributed by atoms with van der Waals surface area (Å²) in [5.41, 5.74) is 6.20. The molecule has 3 aromatic heterocycles. The Hall–Kier alpha value is -3.15. The largest absolute Gasteiger partial charge is 0.377 e. The summed E-state index contributed by atoms with van der Waals surface area (Å²) in [6, 6.07) is 12.5. The van der Waals surface area contributed by atoms with Gasteiger partial charge in [-0.1, -0.05) is 18.2 Å². The summed E-state index contributed by atoms with van der Waals surface area (Å²) in [4.78, 5) is 6.32. The molecule has 25 heavy (non-hydrogen) atoms. The van der Waals surface area contributed by atoms with E-state index in [1.54, 1.807) is 11.0 Å². The Bertz CT molecular complexity index is 1010. The fourth-order valence-corrected chi connectivity index (χ4v) is 2.91. The van der Waals surface area contributed by atoms with Gasteiger partial charge < -0.3 is 9.72 Å². The van der Waals surface area contributed by atoms with Crippen molar-refractivity contribution in [2.45, 2.75) is 19.9 Å². The molecule has 0 saturated heterocycles. The maximum atomic E-state index is 4.74. The highest BCUT2D eigenvalue weighted by Crippen LogP contribution is 2.24. The van der Waals surface area contributed by atoms with Gasteiger partial charge in [-0.05, 0) is 37.6 Å². The molecule has 6 nitrogen and oxygen atoms in total. The van der Waals surface area contributed by atoms with E-state index in [1.165, 1.54) is 5.56 Å². The lowest BCUT2D eigenvalue weighted by molar-refractivity contribution is 0.638. The summed E-state index contributed by atoms with van der Waals surface area (Å²) in [5, 5.41) is 11.9. The van der Waals surface area contributed by atoms with Crippen molar-refractivity contribution in [3.05, 3.63) is 66.2 Å². The Balaban J connectivity index is 1.55. The number of nitrogens with zero attached hydrogens (tertiary/aromatic N) is 5. The first kappa shape index (κ1) is 15.4. The van der Waals surface area contributed by atoms with Gasteiger partial charge in [0.15, 0.2) is 0 Å². The van der Waals surface area contributed by atoms with Gasteiger partial charge in [0.05, 0.1) is 17.9 Å². The Morgan fingerprint density at radius 3 is 2.60 bits per heavy atom. The number of hydrogen-bond donors (Lipinski definition) is 1. The predicted octanol–water partition coefficient (Wildman–Crippen LogP) is 3.61. The van der Waals surface area contributed by atoms with Crippen LogP contribution in [0.25, 0.3) is 16.9 Å². The van der Waals surface area contributed by atoms with E-state index in [2.05, 4.69) is 70.3 Å². The van der Waals surface area contributed by atoms with E-state index in [0.29, 0.717) is 0 Å². The minimum Gasteiger partial charge on any atom is -0.377 e. The molecule has 0 bridgehead atoms. The summed E-state index contributed by atoms with van der Waals surface area (Å²) in [5.74, 6) is 0. The van der Waals surface area contributed by atoms with E-state index >= 15 is 0 Å². The maximum Gasteiger partial charge on any atom is 0.140 e. The maximum absolute atomic E-state index is 4.74. The first-order chi connectivity index (χ1) is 12.1. The second-order valence-corrected chi connectivity index (χ2v) is 6.25. The van der Waals surface area contributed by atoms with Crippen LogP contribution in [0.15, 0.2) is 55.0 Å². The number of aromatic nitrogens is 5. The summed E-state index contributed by atoms with van der Waals surface area (Å²) < 4.78 is 2.06. The molecule has 3 heterocycles. The molecule has 4 rings (SSSR count). The normalized spacial score (nSPS) is 12.4. The molecule has 0 amide bonds. The highest BCUT2D eigenvalue weighted by molar-refractivity contribution is 5.66. The van der Waals surface area contributed by atoms with Crippen LogP contribution < -0.4 is 5.32 Å². The van der Waals surface area contributed by atoms with Gasteiger partial charge in [-0.15, -0.1) is 0 Å². The van der Waals surface area contributed by atoms with Crippen LogP contribution in [0.5, 0.6) is 0 Å². The first-order valence-corrected chi connectivity index (χ1v) is 8.27. The lowest BCUT2D eigenvalue weighted by Gasteiger charge is -2.12. The molecule has 0 fully saturated rings. The van der Waals surface area contributed by atoms with Crippen LogP contribution in [0.4, 0.5) is 5.69 Å². The number of benzene rings is 1. The van der Waals surface area contributed by atoms with E-state index in [-0.39, 0.29) is 6.04 Å². The van der Waals surface area contributed by atoms with Gasteiger partial charge in [0, 0.05) is 30.7 Å². The summed E-state index contributed by atoms with van der Waals surface area (Å²) in [6.07, 6.45) is 5.87. The Morgan fingerprint density at radius 2 is 1.92 bits per heavy atom. The number of rotatable bonds is 4. The van der Waals surface area contributed by atoms with E-state index in [9.17, 15) is 0 Å². The molecule has 0 saturated carbocycles. The van der Waals surface area contributed by atoms with Gasteiger partial charge in [0.1, 0.15) is 11.3 Å². The van der Waals surface area contributed by atoms with Crippen molar-refractivity contribution in [3.63, 3.8) is 0 Å². The van der Waals surface area contributed by atoms with Crippen molar-refractivity contribution in [1.29, 1.82) is 0 Å². The second-order valence-electron chi connectivity index (χ2n) is 6.25. The number of hydrogen-bond acceptors (Lipinski definition) is 4. The second kappa shape index (κ2) is 6.05. The SMILES string of the molecule is Cc1cccn2cc(-c3ccc(NC(C)c4cnn(C)n4)cc3)nc12. The topological polar surface area (TPSA) is 60.0 Å². The number of aryl methyl sites for hydroxylation is 2. The first-order valence-electron chi connectivity index (χ1n) is 8.27. The fourth-order valence-electron chi connectivity index (χ4n) is 2.91. The predicted molar refractivity (Wildman–Crippen MR) is 98.4 cm³/mol. The summed E-state index contributed by atoms with van der Waals surface area (Å²) in [7, 11) is 1.82. The lowest BCUT2D eigenvalue weighted by atomic mass is 10.1. The van der Waals surface area contributed by atoms with Crippen LogP contribution in [0.1, 0.15) is 24.2 Å². The van der Waals surface area contributed by atoms with Gasteiger partial charge in [-0.2, -0.15) is 15.0 Å². The van der Waals surface area contributed by atoms with Crippen LogP contribution in [0, 0.1) is 6.92 Å². The van der Waals surface area contributed by atoms with Gasteiger partial charge in [-0.25, -0.2) is 4.98 Å². The van der Waals surface area contributed by atoms with Crippen LogP contribution in [-0.2, 0) is 7.05 Å². The Morgan fingerprint density at radius 1 is 1.12 bits per heavy atom. The number of pyridine rings is 1. The number of anilines is 1. The molecule has 1 unspecified atom stereocenters. The van der Waals surface area contributed by atoms with E-state index in [0.717, 1.165) is 28.3 Å². The van der Waals surface area contributed by atoms with Gasteiger partial charge in [0.25, 0.3) is 0 Å². The molecule has 0 aliphatic heterocycles. The average molecular weight is 332 g/mol.